The van der Waals surface area contributed by atoms with Gasteiger partial charge in [0.05, 0.1) is 13.2 Å². The zero-order valence-electron chi connectivity index (χ0n) is 13.6. The molecule has 0 bridgehead atoms. The minimum Gasteiger partial charge on any atom is -0.490 e. The second-order valence-electron chi connectivity index (χ2n) is 5.70. The fourth-order valence-electron chi connectivity index (χ4n) is 2.39. The Morgan fingerprint density at radius 1 is 1.00 bits per heavy atom. The van der Waals surface area contributed by atoms with Crippen molar-refractivity contribution in [2.75, 3.05) is 23.8 Å². The quantitative estimate of drug-likeness (QED) is 0.887. The fourth-order valence-corrected chi connectivity index (χ4v) is 2.39. The molecule has 2 aromatic rings. The summed E-state index contributed by atoms with van der Waals surface area (Å²) in [4.78, 5) is 12.2. The van der Waals surface area contributed by atoms with Gasteiger partial charge in [0.2, 0.25) is 5.91 Å². The molecule has 1 aliphatic rings. The molecule has 0 saturated carbocycles. The molecule has 0 saturated heterocycles. The van der Waals surface area contributed by atoms with Gasteiger partial charge in [-0.2, -0.15) is 0 Å². The van der Waals surface area contributed by atoms with Crippen molar-refractivity contribution < 1.29 is 23.0 Å². The van der Waals surface area contributed by atoms with E-state index in [0.29, 0.717) is 30.4 Å². The van der Waals surface area contributed by atoms with Gasteiger partial charge in [0.1, 0.15) is 6.04 Å². The van der Waals surface area contributed by atoms with Crippen molar-refractivity contribution in [1.29, 1.82) is 0 Å². The number of hydrogen-bond donors (Lipinski definition) is 2. The summed E-state index contributed by atoms with van der Waals surface area (Å²) in [6.45, 7) is 2.84. The largest absolute Gasteiger partial charge is 0.490 e. The molecule has 1 amide bonds. The number of hydrogen-bond acceptors (Lipinski definition) is 4. The maximum absolute atomic E-state index is 13.2. The Kier molecular flexibility index (Phi) is 5.02. The summed E-state index contributed by atoms with van der Waals surface area (Å²) in [5, 5.41) is 5.58. The lowest BCUT2D eigenvalue weighted by molar-refractivity contribution is -0.116. The van der Waals surface area contributed by atoms with Gasteiger partial charge in [-0.05, 0) is 31.2 Å². The molecule has 2 N–H and O–H groups in total. The fraction of sp³-hybridized carbons (Fsp3) is 0.278. The van der Waals surface area contributed by atoms with Crippen molar-refractivity contribution in [3.63, 3.8) is 0 Å². The van der Waals surface area contributed by atoms with Crippen LogP contribution in [0, 0.1) is 11.6 Å². The molecule has 7 heteroatoms. The number of nitrogens with one attached hydrogen (secondary N) is 2. The maximum Gasteiger partial charge on any atom is 0.246 e. The highest BCUT2D eigenvalue weighted by atomic mass is 19.2. The highest BCUT2D eigenvalue weighted by Gasteiger charge is 2.16. The van der Waals surface area contributed by atoms with E-state index in [1.165, 1.54) is 6.07 Å². The third-order valence-electron chi connectivity index (χ3n) is 3.71. The molecule has 0 aromatic heterocycles. The van der Waals surface area contributed by atoms with Crippen molar-refractivity contribution in [3.8, 4) is 11.5 Å². The molecule has 2 aromatic carbocycles. The Morgan fingerprint density at radius 3 is 2.48 bits per heavy atom. The summed E-state index contributed by atoms with van der Waals surface area (Å²) in [6.07, 6.45) is 0.810. The van der Waals surface area contributed by atoms with Crippen LogP contribution in [0.5, 0.6) is 11.5 Å². The van der Waals surface area contributed by atoms with Gasteiger partial charge in [0.25, 0.3) is 0 Å². The molecule has 25 heavy (non-hydrogen) atoms. The van der Waals surface area contributed by atoms with E-state index in [9.17, 15) is 13.6 Å². The van der Waals surface area contributed by atoms with Gasteiger partial charge in [-0.1, -0.05) is 0 Å². The SMILES string of the molecule is CC(Nc1ccc2c(c1)OCCCO2)C(=O)Nc1ccc(F)c(F)c1. The van der Waals surface area contributed by atoms with E-state index in [1.807, 2.05) is 0 Å². The molecular weight excluding hydrogens is 330 g/mol. The molecular formula is C18H18F2N2O3. The number of ether oxygens (including phenoxy) is 2. The lowest BCUT2D eigenvalue weighted by Crippen LogP contribution is -2.31. The van der Waals surface area contributed by atoms with Crippen LogP contribution in [-0.4, -0.2) is 25.2 Å². The van der Waals surface area contributed by atoms with Gasteiger partial charge >= 0.3 is 0 Å². The van der Waals surface area contributed by atoms with Crippen LogP contribution in [0.1, 0.15) is 13.3 Å². The molecule has 0 fully saturated rings. The Balaban J connectivity index is 1.65. The Morgan fingerprint density at radius 2 is 1.72 bits per heavy atom. The number of anilines is 2. The minimum atomic E-state index is -1.01. The van der Waals surface area contributed by atoms with Crippen molar-refractivity contribution in [3.05, 3.63) is 48.0 Å². The summed E-state index contributed by atoms with van der Waals surface area (Å²) in [5.41, 5.74) is 0.883. The van der Waals surface area contributed by atoms with Gasteiger partial charge in [0.15, 0.2) is 23.1 Å². The maximum atomic E-state index is 13.2. The van der Waals surface area contributed by atoms with Crippen molar-refractivity contribution >= 4 is 17.3 Å². The summed E-state index contributed by atoms with van der Waals surface area (Å²) >= 11 is 0. The van der Waals surface area contributed by atoms with Crippen LogP contribution in [0.15, 0.2) is 36.4 Å². The van der Waals surface area contributed by atoms with Crippen molar-refractivity contribution in [1.82, 2.24) is 0 Å². The molecule has 1 atom stereocenters. The van der Waals surface area contributed by atoms with Crippen LogP contribution in [0.25, 0.3) is 0 Å². The van der Waals surface area contributed by atoms with Gasteiger partial charge in [0, 0.05) is 29.9 Å². The van der Waals surface area contributed by atoms with Gasteiger partial charge < -0.3 is 20.1 Å². The second-order valence-corrected chi connectivity index (χ2v) is 5.70. The first-order valence-corrected chi connectivity index (χ1v) is 7.95. The first kappa shape index (κ1) is 17.0. The average Bonchev–Trinajstić information content (AvgIpc) is 2.83. The third kappa shape index (κ3) is 4.17. The Bertz CT molecular complexity index is 783. The number of amides is 1. The highest BCUT2D eigenvalue weighted by molar-refractivity contribution is 5.96. The molecule has 1 heterocycles. The van der Waals surface area contributed by atoms with E-state index < -0.39 is 17.7 Å². The topological polar surface area (TPSA) is 59.6 Å². The third-order valence-corrected chi connectivity index (χ3v) is 3.71. The number of halogens is 2. The number of fused-ring (bicyclic) bond motifs is 1. The van der Waals surface area contributed by atoms with Crippen LogP contribution in [0.3, 0.4) is 0 Å². The van der Waals surface area contributed by atoms with E-state index in [1.54, 1.807) is 25.1 Å². The second kappa shape index (κ2) is 7.38. The molecule has 132 valence electrons. The van der Waals surface area contributed by atoms with Crippen LogP contribution in [0.4, 0.5) is 20.2 Å². The monoisotopic (exact) mass is 348 g/mol. The van der Waals surface area contributed by atoms with E-state index in [4.69, 9.17) is 9.47 Å². The van der Waals surface area contributed by atoms with Gasteiger partial charge in [-0.3, -0.25) is 4.79 Å². The van der Waals surface area contributed by atoms with Crippen LogP contribution >= 0.6 is 0 Å². The van der Waals surface area contributed by atoms with Crippen molar-refractivity contribution in [2.45, 2.75) is 19.4 Å². The van der Waals surface area contributed by atoms with E-state index >= 15 is 0 Å². The van der Waals surface area contributed by atoms with E-state index in [2.05, 4.69) is 10.6 Å². The predicted octanol–water partition coefficient (Wildman–Crippen LogP) is 3.57. The summed E-state index contributed by atoms with van der Waals surface area (Å²) in [5.74, 6) is -1.06. The van der Waals surface area contributed by atoms with Crippen LogP contribution in [-0.2, 0) is 4.79 Å². The lowest BCUT2D eigenvalue weighted by Gasteiger charge is -2.17. The molecule has 0 spiro atoms. The molecule has 1 aliphatic heterocycles. The average molecular weight is 348 g/mol. The molecule has 0 aliphatic carbocycles. The Labute approximate surface area is 143 Å². The summed E-state index contributed by atoms with van der Waals surface area (Å²) in [7, 11) is 0. The molecule has 1 unspecified atom stereocenters. The summed E-state index contributed by atoms with van der Waals surface area (Å²) < 4.78 is 37.3. The molecule has 5 nitrogen and oxygen atoms in total. The van der Waals surface area contributed by atoms with E-state index in [-0.39, 0.29) is 11.6 Å². The molecule has 3 rings (SSSR count). The normalized spacial score (nSPS) is 14.4. The van der Waals surface area contributed by atoms with Crippen LogP contribution in [0.2, 0.25) is 0 Å². The molecule has 0 radical (unpaired) electrons. The highest BCUT2D eigenvalue weighted by Crippen LogP contribution is 2.32. The van der Waals surface area contributed by atoms with Crippen molar-refractivity contribution in [2.24, 2.45) is 0 Å². The predicted molar refractivity (Wildman–Crippen MR) is 90.1 cm³/mol. The van der Waals surface area contributed by atoms with Crippen LogP contribution < -0.4 is 20.1 Å². The lowest BCUT2D eigenvalue weighted by atomic mass is 10.2. The zero-order valence-corrected chi connectivity index (χ0v) is 13.6. The number of benzene rings is 2. The minimum absolute atomic E-state index is 0.191. The van der Waals surface area contributed by atoms with Gasteiger partial charge in [-0.15, -0.1) is 0 Å². The first-order chi connectivity index (χ1) is 12.0. The zero-order chi connectivity index (χ0) is 17.8. The van der Waals surface area contributed by atoms with Gasteiger partial charge in [-0.25, -0.2) is 8.78 Å². The summed E-state index contributed by atoms with van der Waals surface area (Å²) in [6, 6.07) is 7.94. The Hall–Kier alpha value is -2.83. The smallest absolute Gasteiger partial charge is 0.246 e. The standard InChI is InChI=1S/C18H18F2N2O3/c1-11(18(23)22-12-3-5-14(19)15(20)9-12)21-13-4-6-16-17(10-13)25-8-2-7-24-16/h3-6,9-11,21H,2,7-8H2,1H3,(H,22,23). The number of carbonyl (C=O) groups is 1. The number of rotatable bonds is 4. The number of carbonyl (C=O) groups excluding carboxylic acids is 1. The first-order valence-electron chi connectivity index (χ1n) is 7.95. The van der Waals surface area contributed by atoms with E-state index in [0.717, 1.165) is 18.6 Å².